The summed E-state index contributed by atoms with van der Waals surface area (Å²) < 4.78 is 1.42. The smallest absolute Gasteiger partial charge is 0.287 e. The third-order valence-electron chi connectivity index (χ3n) is 3.43. The monoisotopic (exact) mass is 284 g/mol. The molecule has 0 saturated carbocycles. The number of hydrogen-bond acceptors (Lipinski definition) is 4. The summed E-state index contributed by atoms with van der Waals surface area (Å²) in [5.74, 6) is 0.498. The first-order chi connectivity index (χ1) is 9.02. The molecule has 1 aromatic rings. The maximum absolute atomic E-state index is 12.1. The first-order valence-corrected chi connectivity index (χ1v) is 7.16. The van der Waals surface area contributed by atoms with E-state index in [9.17, 15) is 4.79 Å². The molecule has 0 bridgehead atoms. The van der Waals surface area contributed by atoms with Gasteiger partial charge in [0, 0.05) is 25.7 Å². The Morgan fingerprint density at radius 3 is 2.89 bits per heavy atom. The number of rotatable bonds is 3. The lowest BCUT2D eigenvalue weighted by Crippen LogP contribution is -2.47. The Morgan fingerprint density at radius 1 is 1.53 bits per heavy atom. The Labute approximate surface area is 118 Å². The number of nitrogens with two attached hydrogens (primary N) is 1. The fraction of sp³-hybridized carbons (Fsp3) is 0.692. The molecule has 1 aromatic heterocycles. The van der Waals surface area contributed by atoms with Crippen molar-refractivity contribution in [1.29, 1.82) is 0 Å². The van der Waals surface area contributed by atoms with Gasteiger partial charge >= 0.3 is 0 Å². The highest BCUT2D eigenvalue weighted by molar-refractivity contribution is 6.33. The Bertz CT molecular complexity index is 492. The Balaban J connectivity index is 2.30. The summed E-state index contributed by atoms with van der Waals surface area (Å²) in [6.45, 7) is 6.34. The number of hydrogen-bond donors (Lipinski definition) is 1. The molecule has 0 aromatic carbocycles. The summed E-state index contributed by atoms with van der Waals surface area (Å²) in [5.41, 5.74) is 6.52. The first kappa shape index (κ1) is 14.3. The van der Waals surface area contributed by atoms with Crippen LogP contribution in [0.1, 0.15) is 26.7 Å². The summed E-state index contributed by atoms with van der Waals surface area (Å²) in [4.78, 5) is 14.2. The van der Waals surface area contributed by atoms with Gasteiger partial charge in [-0.25, -0.2) is 4.68 Å². The molecule has 2 rings (SSSR count). The SMILES string of the molecule is CCCn1ncc(N2CC(C)CC(N)C2)c(Cl)c1=O. The zero-order valence-electron chi connectivity index (χ0n) is 11.5. The van der Waals surface area contributed by atoms with Gasteiger partial charge in [-0.2, -0.15) is 5.10 Å². The van der Waals surface area contributed by atoms with Crippen molar-refractivity contribution in [2.24, 2.45) is 11.7 Å². The normalized spacial score (nSPS) is 23.7. The van der Waals surface area contributed by atoms with Crippen LogP contribution in [0.3, 0.4) is 0 Å². The largest absolute Gasteiger partial charge is 0.367 e. The van der Waals surface area contributed by atoms with Crippen LogP contribution in [-0.4, -0.2) is 28.9 Å². The van der Waals surface area contributed by atoms with Crippen molar-refractivity contribution >= 4 is 17.3 Å². The fourth-order valence-corrected chi connectivity index (χ4v) is 2.91. The molecule has 19 heavy (non-hydrogen) atoms. The molecule has 2 atom stereocenters. The average Bonchev–Trinajstić information content (AvgIpc) is 2.34. The van der Waals surface area contributed by atoms with Gasteiger partial charge in [-0.15, -0.1) is 0 Å². The second-order valence-electron chi connectivity index (χ2n) is 5.38. The summed E-state index contributed by atoms with van der Waals surface area (Å²) in [7, 11) is 0. The van der Waals surface area contributed by atoms with Crippen LogP contribution in [0.15, 0.2) is 11.0 Å². The van der Waals surface area contributed by atoms with Crippen LogP contribution < -0.4 is 16.2 Å². The Kier molecular flexibility index (Phi) is 4.47. The highest BCUT2D eigenvalue weighted by Crippen LogP contribution is 2.26. The van der Waals surface area contributed by atoms with E-state index in [1.54, 1.807) is 6.20 Å². The summed E-state index contributed by atoms with van der Waals surface area (Å²) in [6, 6.07) is 0.123. The highest BCUT2D eigenvalue weighted by atomic mass is 35.5. The van der Waals surface area contributed by atoms with E-state index < -0.39 is 0 Å². The molecular formula is C13H21ClN4O. The van der Waals surface area contributed by atoms with E-state index >= 15 is 0 Å². The van der Waals surface area contributed by atoms with Crippen LogP contribution in [0.5, 0.6) is 0 Å². The van der Waals surface area contributed by atoms with Crippen LogP contribution in [0.2, 0.25) is 5.02 Å². The third kappa shape index (κ3) is 3.09. The second kappa shape index (κ2) is 5.92. The number of aryl methyl sites for hydroxylation is 1. The zero-order valence-corrected chi connectivity index (χ0v) is 12.2. The van der Waals surface area contributed by atoms with E-state index in [-0.39, 0.29) is 16.6 Å². The van der Waals surface area contributed by atoms with Gasteiger partial charge < -0.3 is 10.6 Å². The van der Waals surface area contributed by atoms with Gasteiger partial charge in [0.25, 0.3) is 5.56 Å². The molecule has 1 aliphatic heterocycles. The van der Waals surface area contributed by atoms with E-state index in [0.717, 1.165) is 25.9 Å². The quantitative estimate of drug-likeness (QED) is 0.913. The van der Waals surface area contributed by atoms with Gasteiger partial charge in [-0.05, 0) is 18.8 Å². The van der Waals surface area contributed by atoms with E-state index in [1.807, 2.05) is 6.92 Å². The molecule has 0 amide bonds. The lowest BCUT2D eigenvalue weighted by atomic mass is 9.96. The van der Waals surface area contributed by atoms with Crippen molar-refractivity contribution in [3.63, 3.8) is 0 Å². The Hall–Kier alpha value is -1.07. The Morgan fingerprint density at radius 2 is 2.26 bits per heavy atom. The molecule has 2 N–H and O–H groups in total. The molecule has 6 heteroatoms. The minimum Gasteiger partial charge on any atom is -0.367 e. The molecule has 5 nitrogen and oxygen atoms in total. The second-order valence-corrected chi connectivity index (χ2v) is 5.76. The topological polar surface area (TPSA) is 64.2 Å². The van der Waals surface area contributed by atoms with Crippen molar-refractivity contribution in [3.05, 3.63) is 21.6 Å². The first-order valence-electron chi connectivity index (χ1n) is 6.79. The van der Waals surface area contributed by atoms with Gasteiger partial charge in [0.15, 0.2) is 0 Å². The molecule has 2 heterocycles. The molecule has 0 spiro atoms. The van der Waals surface area contributed by atoms with Crippen molar-refractivity contribution in [2.75, 3.05) is 18.0 Å². The van der Waals surface area contributed by atoms with Gasteiger partial charge in [0.1, 0.15) is 5.02 Å². The number of aromatic nitrogens is 2. The van der Waals surface area contributed by atoms with E-state index in [1.165, 1.54) is 4.68 Å². The fourth-order valence-electron chi connectivity index (χ4n) is 2.64. The lowest BCUT2D eigenvalue weighted by molar-refractivity contribution is 0.401. The molecule has 1 aliphatic rings. The van der Waals surface area contributed by atoms with Crippen LogP contribution in [0, 0.1) is 5.92 Å². The van der Waals surface area contributed by atoms with Gasteiger partial charge in [-0.1, -0.05) is 25.4 Å². The maximum Gasteiger partial charge on any atom is 0.287 e. The van der Waals surface area contributed by atoms with E-state index in [0.29, 0.717) is 18.2 Å². The van der Waals surface area contributed by atoms with Crippen LogP contribution in [-0.2, 0) is 6.54 Å². The van der Waals surface area contributed by atoms with E-state index in [4.69, 9.17) is 17.3 Å². The highest BCUT2D eigenvalue weighted by Gasteiger charge is 2.25. The minimum atomic E-state index is -0.215. The number of anilines is 1. The lowest BCUT2D eigenvalue weighted by Gasteiger charge is -2.36. The van der Waals surface area contributed by atoms with Crippen molar-refractivity contribution in [2.45, 2.75) is 39.3 Å². The van der Waals surface area contributed by atoms with Crippen molar-refractivity contribution < 1.29 is 0 Å². The molecule has 2 unspecified atom stereocenters. The standard InChI is InChI=1S/C13H21ClN4O/c1-3-4-18-13(19)12(14)11(6-16-18)17-7-9(2)5-10(15)8-17/h6,9-10H,3-5,7-8,15H2,1-2H3. The molecule has 106 valence electrons. The maximum atomic E-state index is 12.1. The third-order valence-corrected chi connectivity index (χ3v) is 3.79. The van der Waals surface area contributed by atoms with E-state index in [2.05, 4.69) is 16.9 Å². The number of piperidine rings is 1. The van der Waals surface area contributed by atoms with Gasteiger partial charge in [0.05, 0.1) is 11.9 Å². The molecule has 0 radical (unpaired) electrons. The van der Waals surface area contributed by atoms with Gasteiger partial charge in [-0.3, -0.25) is 4.79 Å². The molecule has 1 saturated heterocycles. The molecule has 0 aliphatic carbocycles. The summed E-state index contributed by atoms with van der Waals surface area (Å²) >= 11 is 6.21. The van der Waals surface area contributed by atoms with Crippen molar-refractivity contribution in [1.82, 2.24) is 9.78 Å². The summed E-state index contributed by atoms with van der Waals surface area (Å²) in [5, 5.41) is 4.45. The van der Waals surface area contributed by atoms with Crippen LogP contribution in [0.4, 0.5) is 5.69 Å². The number of halogens is 1. The van der Waals surface area contributed by atoms with Crippen LogP contribution >= 0.6 is 11.6 Å². The van der Waals surface area contributed by atoms with Crippen LogP contribution in [0.25, 0.3) is 0 Å². The number of nitrogens with zero attached hydrogens (tertiary/aromatic N) is 3. The minimum absolute atomic E-state index is 0.123. The predicted octanol–water partition coefficient (Wildman–Crippen LogP) is 1.48. The van der Waals surface area contributed by atoms with Gasteiger partial charge in [0.2, 0.25) is 0 Å². The molecular weight excluding hydrogens is 264 g/mol. The average molecular weight is 285 g/mol. The predicted molar refractivity (Wildman–Crippen MR) is 77.8 cm³/mol. The molecule has 1 fully saturated rings. The van der Waals surface area contributed by atoms with Crippen molar-refractivity contribution in [3.8, 4) is 0 Å². The zero-order chi connectivity index (χ0) is 14.0. The summed E-state index contributed by atoms with van der Waals surface area (Å²) in [6.07, 6.45) is 3.55.